The Morgan fingerprint density at radius 2 is 1.41 bits per heavy atom. The van der Waals surface area contributed by atoms with Crippen LogP contribution in [0.4, 0.5) is 11.4 Å². The molecule has 0 bridgehead atoms. The molecule has 4 aromatic carbocycles. The number of hydrogen-bond donors (Lipinski definition) is 2. The summed E-state index contributed by atoms with van der Waals surface area (Å²) < 4.78 is 5.65. The lowest BCUT2D eigenvalue weighted by molar-refractivity contribution is -0.118. The minimum Gasteiger partial charge on any atom is -0.484 e. The number of carbonyl (C=O) groups excluding carboxylic acids is 2. The summed E-state index contributed by atoms with van der Waals surface area (Å²) in [4.78, 5) is 25.0. The number of benzene rings is 4. The highest BCUT2D eigenvalue weighted by atomic mass is 16.5. The van der Waals surface area contributed by atoms with E-state index in [4.69, 9.17) is 4.74 Å². The predicted molar refractivity (Wildman–Crippen MR) is 138 cm³/mol. The van der Waals surface area contributed by atoms with E-state index in [0.29, 0.717) is 22.7 Å². The van der Waals surface area contributed by atoms with Crippen LogP contribution in [-0.4, -0.2) is 18.4 Å². The zero-order valence-corrected chi connectivity index (χ0v) is 19.6. The number of anilines is 2. The SMILES string of the molecule is CC(C)(C)c1ccc(C(=O)Nc2cccc(NC(=O)COc3ccc4ccccc4c3)c2)cc1. The third-order valence-electron chi connectivity index (χ3n) is 5.51. The van der Waals surface area contributed by atoms with Gasteiger partial charge in [0, 0.05) is 16.9 Å². The van der Waals surface area contributed by atoms with Crippen molar-refractivity contribution in [1.82, 2.24) is 0 Å². The highest BCUT2D eigenvalue weighted by Crippen LogP contribution is 2.23. The number of carbonyl (C=O) groups is 2. The van der Waals surface area contributed by atoms with Crippen LogP contribution in [0.25, 0.3) is 10.8 Å². The van der Waals surface area contributed by atoms with Gasteiger partial charge in [0.15, 0.2) is 6.61 Å². The molecule has 0 aromatic heterocycles. The highest BCUT2D eigenvalue weighted by molar-refractivity contribution is 6.04. The first-order chi connectivity index (χ1) is 16.3. The van der Waals surface area contributed by atoms with Gasteiger partial charge in [-0.25, -0.2) is 0 Å². The first-order valence-corrected chi connectivity index (χ1v) is 11.2. The summed E-state index contributed by atoms with van der Waals surface area (Å²) in [6.07, 6.45) is 0. The van der Waals surface area contributed by atoms with Crippen molar-refractivity contribution < 1.29 is 14.3 Å². The van der Waals surface area contributed by atoms with Crippen molar-refractivity contribution in [2.45, 2.75) is 26.2 Å². The van der Waals surface area contributed by atoms with Crippen LogP contribution in [0, 0.1) is 0 Å². The van der Waals surface area contributed by atoms with E-state index in [9.17, 15) is 9.59 Å². The Morgan fingerprint density at radius 1 is 0.735 bits per heavy atom. The molecule has 0 unspecified atom stereocenters. The van der Waals surface area contributed by atoms with Crippen molar-refractivity contribution in [1.29, 1.82) is 0 Å². The Morgan fingerprint density at radius 3 is 2.12 bits per heavy atom. The highest BCUT2D eigenvalue weighted by Gasteiger charge is 2.14. The van der Waals surface area contributed by atoms with E-state index in [0.717, 1.165) is 10.8 Å². The molecule has 0 heterocycles. The molecule has 0 fully saturated rings. The van der Waals surface area contributed by atoms with E-state index < -0.39 is 0 Å². The largest absolute Gasteiger partial charge is 0.484 e. The summed E-state index contributed by atoms with van der Waals surface area (Å²) >= 11 is 0. The van der Waals surface area contributed by atoms with Gasteiger partial charge >= 0.3 is 0 Å². The monoisotopic (exact) mass is 452 g/mol. The first-order valence-electron chi connectivity index (χ1n) is 11.2. The second-order valence-corrected chi connectivity index (χ2v) is 9.21. The molecule has 172 valence electrons. The van der Waals surface area contributed by atoms with E-state index in [-0.39, 0.29) is 23.8 Å². The fourth-order valence-corrected chi connectivity index (χ4v) is 3.60. The fraction of sp³-hybridized carbons (Fsp3) is 0.172. The van der Waals surface area contributed by atoms with Gasteiger partial charge in [-0.15, -0.1) is 0 Å². The zero-order valence-electron chi connectivity index (χ0n) is 19.6. The topological polar surface area (TPSA) is 67.4 Å². The van der Waals surface area contributed by atoms with Crippen LogP contribution in [0.2, 0.25) is 0 Å². The molecule has 4 rings (SSSR count). The van der Waals surface area contributed by atoms with Crippen LogP contribution >= 0.6 is 0 Å². The predicted octanol–water partition coefficient (Wildman–Crippen LogP) is 6.41. The van der Waals surface area contributed by atoms with Crippen molar-refractivity contribution in [3.8, 4) is 5.75 Å². The number of fused-ring (bicyclic) bond motifs is 1. The number of ether oxygens (including phenoxy) is 1. The van der Waals surface area contributed by atoms with Gasteiger partial charge in [0.25, 0.3) is 11.8 Å². The standard InChI is InChI=1S/C29H28N2O3/c1-29(2,3)23-14-11-21(12-15-23)28(33)31-25-10-6-9-24(18-25)30-27(32)19-34-26-16-13-20-7-4-5-8-22(20)17-26/h4-18H,19H2,1-3H3,(H,30,32)(H,31,33). The summed E-state index contributed by atoms with van der Waals surface area (Å²) in [5.41, 5.74) is 2.94. The Balaban J connectivity index is 1.34. The lowest BCUT2D eigenvalue weighted by Crippen LogP contribution is -2.20. The Labute approximate surface area is 199 Å². The molecular weight excluding hydrogens is 424 g/mol. The third-order valence-corrected chi connectivity index (χ3v) is 5.51. The van der Waals surface area contributed by atoms with Crippen LogP contribution in [0.3, 0.4) is 0 Å². The van der Waals surface area contributed by atoms with Gasteiger partial charge in [-0.2, -0.15) is 0 Å². The first kappa shape index (κ1) is 23.1. The Kier molecular flexibility index (Phi) is 6.64. The van der Waals surface area contributed by atoms with Gasteiger partial charge < -0.3 is 15.4 Å². The lowest BCUT2D eigenvalue weighted by Gasteiger charge is -2.19. The zero-order chi connectivity index (χ0) is 24.1. The number of rotatable bonds is 6. The molecular formula is C29H28N2O3. The maximum absolute atomic E-state index is 12.6. The maximum Gasteiger partial charge on any atom is 0.262 e. The van der Waals surface area contributed by atoms with Crippen LogP contribution < -0.4 is 15.4 Å². The summed E-state index contributed by atoms with van der Waals surface area (Å²) in [7, 11) is 0. The normalized spacial score (nSPS) is 11.1. The average molecular weight is 453 g/mol. The molecule has 34 heavy (non-hydrogen) atoms. The molecule has 2 N–H and O–H groups in total. The average Bonchev–Trinajstić information content (AvgIpc) is 2.82. The molecule has 0 aliphatic rings. The second-order valence-electron chi connectivity index (χ2n) is 9.21. The number of hydrogen-bond acceptors (Lipinski definition) is 3. The van der Waals surface area contributed by atoms with E-state index in [2.05, 4.69) is 31.4 Å². The molecule has 0 aliphatic carbocycles. The van der Waals surface area contributed by atoms with E-state index in [1.54, 1.807) is 24.3 Å². The van der Waals surface area contributed by atoms with Crippen LogP contribution in [-0.2, 0) is 10.2 Å². The number of nitrogens with one attached hydrogen (secondary N) is 2. The van der Waals surface area contributed by atoms with Gasteiger partial charge in [0.05, 0.1) is 0 Å². The van der Waals surface area contributed by atoms with E-state index in [1.165, 1.54) is 5.56 Å². The van der Waals surface area contributed by atoms with Gasteiger partial charge in [-0.3, -0.25) is 9.59 Å². The van der Waals surface area contributed by atoms with Crippen molar-refractivity contribution in [2.75, 3.05) is 17.2 Å². The van der Waals surface area contributed by atoms with Crippen molar-refractivity contribution >= 4 is 34.0 Å². The van der Waals surface area contributed by atoms with Gasteiger partial charge in [-0.1, -0.05) is 69.3 Å². The van der Waals surface area contributed by atoms with Crippen LogP contribution in [0.5, 0.6) is 5.75 Å². The molecule has 5 heteroatoms. The Bertz CT molecular complexity index is 1320. The number of amides is 2. The molecule has 0 saturated heterocycles. The van der Waals surface area contributed by atoms with Crippen LogP contribution in [0.15, 0.2) is 91.0 Å². The van der Waals surface area contributed by atoms with Gasteiger partial charge in [-0.05, 0) is 64.2 Å². The van der Waals surface area contributed by atoms with Gasteiger partial charge in [0.2, 0.25) is 0 Å². The second kappa shape index (κ2) is 9.79. The summed E-state index contributed by atoms with van der Waals surface area (Å²) in [5.74, 6) is 0.144. The molecule has 0 radical (unpaired) electrons. The van der Waals surface area contributed by atoms with Crippen molar-refractivity contribution in [3.05, 3.63) is 102 Å². The van der Waals surface area contributed by atoms with Crippen molar-refractivity contribution in [2.24, 2.45) is 0 Å². The Hall–Kier alpha value is -4.12. The summed E-state index contributed by atoms with van der Waals surface area (Å²) in [5, 5.41) is 7.86. The third kappa shape index (κ3) is 5.81. The quantitative estimate of drug-likeness (QED) is 0.355. The van der Waals surface area contributed by atoms with Gasteiger partial charge in [0.1, 0.15) is 5.75 Å². The van der Waals surface area contributed by atoms with Crippen molar-refractivity contribution in [3.63, 3.8) is 0 Å². The minimum absolute atomic E-state index is 0.0273. The lowest BCUT2D eigenvalue weighted by atomic mass is 9.87. The molecule has 2 amide bonds. The van der Waals surface area contributed by atoms with E-state index >= 15 is 0 Å². The molecule has 0 atom stereocenters. The molecule has 0 spiro atoms. The minimum atomic E-state index is -0.283. The summed E-state index contributed by atoms with van der Waals surface area (Å²) in [6.45, 7) is 6.28. The van der Waals surface area contributed by atoms with E-state index in [1.807, 2.05) is 66.7 Å². The smallest absolute Gasteiger partial charge is 0.262 e. The fourth-order valence-electron chi connectivity index (χ4n) is 3.60. The molecule has 5 nitrogen and oxygen atoms in total. The van der Waals surface area contributed by atoms with Crippen LogP contribution in [0.1, 0.15) is 36.7 Å². The molecule has 0 aliphatic heterocycles. The molecule has 4 aromatic rings. The molecule has 0 saturated carbocycles. The summed E-state index contributed by atoms with van der Waals surface area (Å²) in [6, 6.07) is 28.3. The maximum atomic E-state index is 12.6.